The number of Topliss-reactive ketones (excluding diaryl/α,β-unsaturated/α-hetero) is 1. The van der Waals surface area contributed by atoms with Crippen LogP contribution in [-0.4, -0.2) is 28.7 Å². The molecule has 0 aliphatic heterocycles. The Hall–Kier alpha value is -0.410. The van der Waals surface area contributed by atoms with E-state index in [4.69, 9.17) is 10.2 Å². The van der Waals surface area contributed by atoms with Gasteiger partial charge < -0.3 is 10.2 Å². The van der Waals surface area contributed by atoms with Gasteiger partial charge in [-0.25, -0.2) is 0 Å². The topological polar surface area (TPSA) is 57.5 Å². The van der Waals surface area contributed by atoms with Crippen LogP contribution in [0.5, 0.6) is 0 Å². The van der Waals surface area contributed by atoms with Crippen molar-refractivity contribution in [1.29, 1.82) is 0 Å². The summed E-state index contributed by atoms with van der Waals surface area (Å²) in [4.78, 5) is 11.3. The molecule has 0 fully saturated rings. The lowest BCUT2D eigenvalue weighted by molar-refractivity contribution is -0.126. The largest absolute Gasteiger partial charge is 0.394 e. The SMILES string of the molecule is CC(C)(C)C(=O)CCC(O)CO. The first-order valence-corrected chi connectivity index (χ1v) is 4.20. The predicted molar refractivity (Wildman–Crippen MR) is 46.8 cm³/mol. The standard InChI is InChI=1S/C9H18O3/c1-9(2,3)8(12)5-4-7(11)6-10/h7,10-11H,4-6H2,1-3H3. The average molecular weight is 174 g/mol. The van der Waals surface area contributed by atoms with Gasteiger partial charge >= 0.3 is 0 Å². The van der Waals surface area contributed by atoms with Crippen LogP contribution in [0.3, 0.4) is 0 Å². The van der Waals surface area contributed by atoms with E-state index in [0.717, 1.165) is 0 Å². The monoisotopic (exact) mass is 174 g/mol. The molecule has 0 saturated carbocycles. The Kier molecular flexibility index (Phi) is 4.42. The van der Waals surface area contributed by atoms with Crippen molar-refractivity contribution in [3.8, 4) is 0 Å². The van der Waals surface area contributed by atoms with Crippen LogP contribution >= 0.6 is 0 Å². The second kappa shape index (κ2) is 4.58. The molecular weight excluding hydrogens is 156 g/mol. The molecule has 0 aromatic heterocycles. The van der Waals surface area contributed by atoms with Gasteiger partial charge in [0.15, 0.2) is 0 Å². The molecule has 1 unspecified atom stereocenters. The first-order valence-electron chi connectivity index (χ1n) is 4.20. The summed E-state index contributed by atoms with van der Waals surface area (Å²) in [6.07, 6.45) is -0.0611. The normalized spacial score (nSPS) is 14.4. The molecule has 0 heterocycles. The van der Waals surface area contributed by atoms with E-state index in [-0.39, 0.29) is 17.8 Å². The summed E-state index contributed by atoms with van der Waals surface area (Å²) in [6, 6.07) is 0. The van der Waals surface area contributed by atoms with Gasteiger partial charge in [0.1, 0.15) is 5.78 Å². The van der Waals surface area contributed by atoms with Crippen molar-refractivity contribution in [2.24, 2.45) is 5.41 Å². The number of carbonyl (C=O) groups excluding carboxylic acids is 1. The van der Waals surface area contributed by atoms with E-state index in [1.807, 2.05) is 20.8 Å². The molecule has 0 aromatic rings. The van der Waals surface area contributed by atoms with E-state index >= 15 is 0 Å². The van der Waals surface area contributed by atoms with Crippen LogP contribution in [0.15, 0.2) is 0 Å². The third-order valence-electron chi connectivity index (χ3n) is 1.75. The lowest BCUT2D eigenvalue weighted by Crippen LogP contribution is -2.22. The van der Waals surface area contributed by atoms with Gasteiger partial charge in [-0.05, 0) is 6.42 Å². The first kappa shape index (κ1) is 11.6. The maximum absolute atomic E-state index is 11.3. The molecule has 0 aromatic carbocycles. The van der Waals surface area contributed by atoms with Crippen molar-refractivity contribution in [2.45, 2.75) is 39.7 Å². The number of hydrogen-bond donors (Lipinski definition) is 2. The van der Waals surface area contributed by atoms with E-state index in [1.165, 1.54) is 0 Å². The Morgan fingerprint density at radius 2 is 1.92 bits per heavy atom. The average Bonchev–Trinajstić information content (AvgIpc) is 1.97. The molecule has 0 radical (unpaired) electrons. The van der Waals surface area contributed by atoms with E-state index < -0.39 is 6.10 Å². The summed E-state index contributed by atoms with van der Waals surface area (Å²) >= 11 is 0. The zero-order chi connectivity index (χ0) is 9.78. The quantitative estimate of drug-likeness (QED) is 0.660. The Balaban J connectivity index is 3.73. The van der Waals surface area contributed by atoms with Gasteiger partial charge in [0.05, 0.1) is 12.7 Å². The fourth-order valence-electron chi connectivity index (χ4n) is 0.764. The molecule has 72 valence electrons. The molecule has 3 nitrogen and oxygen atoms in total. The summed E-state index contributed by atoms with van der Waals surface area (Å²) in [5.41, 5.74) is -0.338. The van der Waals surface area contributed by atoms with Crippen molar-refractivity contribution in [2.75, 3.05) is 6.61 Å². The summed E-state index contributed by atoms with van der Waals surface area (Å²) in [6.45, 7) is 5.28. The molecule has 0 saturated heterocycles. The van der Waals surface area contributed by atoms with Crippen LogP contribution in [0.1, 0.15) is 33.6 Å². The molecule has 0 aliphatic rings. The Bertz CT molecular complexity index is 146. The van der Waals surface area contributed by atoms with Gasteiger partial charge in [-0.3, -0.25) is 4.79 Å². The highest BCUT2D eigenvalue weighted by atomic mass is 16.3. The highest BCUT2D eigenvalue weighted by Gasteiger charge is 2.21. The minimum absolute atomic E-state index is 0.120. The molecule has 0 aliphatic carbocycles. The van der Waals surface area contributed by atoms with E-state index in [0.29, 0.717) is 12.8 Å². The highest BCUT2D eigenvalue weighted by molar-refractivity contribution is 5.83. The molecule has 0 amide bonds. The van der Waals surface area contributed by atoms with E-state index in [9.17, 15) is 4.79 Å². The summed E-state index contributed by atoms with van der Waals surface area (Å²) in [5.74, 6) is 0.120. The maximum Gasteiger partial charge on any atom is 0.138 e. The van der Waals surface area contributed by atoms with Crippen molar-refractivity contribution >= 4 is 5.78 Å². The maximum atomic E-state index is 11.3. The second-order valence-corrected chi connectivity index (χ2v) is 4.05. The molecule has 12 heavy (non-hydrogen) atoms. The van der Waals surface area contributed by atoms with E-state index in [2.05, 4.69) is 0 Å². The van der Waals surface area contributed by atoms with Crippen LogP contribution in [0.25, 0.3) is 0 Å². The summed E-state index contributed by atoms with van der Waals surface area (Å²) in [7, 11) is 0. The highest BCUT2D eigenvalue weighted by Crippen LogP contribution is 2.18. The third-order valence-corrected chi connectivity index (χ3v) is 1.75. The van der Waals surface area contributed by atoms with Gasteiger partial charge in [-0.1, -0.05) is 20.8 Å². The number of aliphatic hydroxyl groups is 2. The molecule has 0 rings (SSSR count). The fraction of sp³-hybridized carbons (Fsp3) is 0.889. The number of hydrogen-bond acceptors (Lipinski definition) is 3. The molecule has 3 heteroatoms. The summed E-state index contributed by atoms with van der Waals surface area (Å²) < 4.78 is 0. The van der Waals surface area contributed by atoms with Gasteiger partial charge in [0.25, 0.3) is 0 Å². The van der Waals surface area contributed by atoms with Gasteiger partial charge in [0, 0.05) is 11.8 Å². The minimum atomic E-state index is -0.753. The van der Waals surface area contributed by atoms with Crippen molar-refractivity contribution in [1.82, 2.24) is 0 Å². The Morgan fingerprint density at radius 3 is 2.25 bits per heavy atom. The number of ketones is 1. The van der Waals surface area contributed by atoms with Gasteiger partial charge in [0.2, 0.25) is 0 Å². The molecular formula is C9H18O3. The lowest BCUT2D eigenvalue weighted by atomic mass is 9.88. The second-order valence-electron chi connectivity index (χ2n) is 4.05. The smallest absolute Gasteiger partial charge is 0.138 e. The number of carbonyl (C=O) groups is 1. The Morgan fingerprint density at radius 1 is 1.42 bits per heavy atom. The molecule has 0 bridgehead atoms. The zero-order valence-corrected chi connectivity index (χ0v) is 8.00. The van der Waals surface area contributed by atoms with Crippen LogP contribution in [0.2, 0.25) is 0 Å². The minimum Gasteiger partial charge on any atom is -0.394 e. The van der Waals surface area contributed by atoms with Crippen LogP contribution in [-0.2, 0) is 4.79 Å². The van der Waals surface area contributed by atoms with Crippen LogP contribution in [0, 0.1) is 5.41 Å². The number of rotatable bonds is 4. The zero-order valence-electron chi connectivity index (χ0n) is 8.00. The Labute approximate surface area is 73.4 Å². The molecule has 2 N–H and O–H groups in total. The van der Waals surface area contributed by atoms with E-state index in [1.54, 1.807) is 0 Å². The molecule has 0 spiro atoms. The van der Waals surface area contributed by atoms with Crippen molar-refractivity contribution < 1.29 is 15.0 Å². The number of aliphatic hydroxyl groups excluding tert-OH is 2. The first-order chi connectivity index (χ1) is 5.38. The lowest BCUT2D eigenvalue weighted by Gasteiger charge is -2.17. The fourth-order valence-corrected chi connectivity index (χ4v) is 0.764. The third kappa shape index (κ3) is 4.46. The van der Waals surface area contributed by atoms with Crippen molar-refractivity contribution in [3.05, 3.63) is 0 Å². The predicted octanol–water partition coefficient (Wildman–Crippen LogP) is 0.735. The summed E-state index contributed by atoms with van der Waals surface area (Å²) in [5, 5.41) is 17.5. The molecule has 1 atom stereocenters. The van der Waals surface area contributed by atoms with Crippen LogP contribution in [0.4, 0.5) is 0 Å². The van der Waals surface area contributed by atoms with Crippen LogP contribution < -0.4 is 0 Å². The van der Waals surface area contributed by atoms with Crippen molar-refractivity contribution in [3.63, 3.8) is 0 Å². The van der Waals surface area contributed by atoms with Gasteiger partial charge in [-0.15, -0.1) is 0 Å². The van der Waals surface area contributed by atoms with Gasteiger partial charge in [-0.2, -0.15) is 0 Å².